The second-order valence-electron chi connectivity index (χ2n) is 4.55. The molecule has 3 nitrogen and oxygen atoms in total. The fourth-order valence-corrected chi connectivity index (χ4v) is 2.92. The number of piperazine rings is 1. The first kappa shape index (κ1) is 18.6. The van der Waals surface area contributed by atoms with Crippen LogP contribution in [-0.4, -0.2) is 42.4 Å². The Labute approximate surface area is 136 Å². The maximum Gasteiger partial charge on any atom is 0.408 e. The molecule has 1 atom stereocenters. The predicted molar refractivity (Wildman–Crippen MR) is 78.6 cm³/mol. The maximum atomic E-state index is 13.4. The number of aromatic hydroxyl groups is 1. The summed E-state index contributed by atoms with van der Waals surface area (Å²) in [5.41, 5.74) is -0.342. The number of benzene rings is 1. The number of phenols is 1. The normalized spacial score (nSPS) is 18.1. The topological polar surface area (TPSA) is 35.5 Å². The van der Waals surface area contributed by atoms with Crippen LogP contribution in [-0.2, 0) is 0 Å². The van der Waals surface area contributed by atoms with Gasteiger partial charge in [-0.1, -0.05) is 23.2 Å². The van der Waals surface area contributed by atoms with Crippen LogP contribution in [0, 0.1) is 0 Å². The highest BCUT2D eigenvalue weighted by molar-refractivity contribution is 6.35. The second-order valence-corrected chi connectivity index (χ2v) is 5.39. The molecule has 1 heterocycles. The van der Waals surface area contributed by atoms with Crippen molar-refractivity contribution in [2.24, 2.45) is 0 Å². The van der Waals surface area contributed by atoms with E-state index in [1.807, 2.05) is 0 Å². The van der Waals surface area contributed by atoms with Gasteiger partial charge in [-0.15, -0.1) is 12.4 Å². The van der Waals surface area contributed by atoms with Crippen LogP contribution in [0.3, 0.4) is 0 Å². The van der Waals surface area contributed by atoms with E-state index in [-0.39, 0.29) is 41.1 Å². The largest absolute Gasteiger partial charge is 0.507 e. The molecular weight excluding hydrogens is 351 g/mol. The molecule has 1 aromatic rings. The second kappa shape index (κ2) is 7.24. The molecule has 9 heteroatoms. The van der Waals surface area contributed by atoms with E-state index in [1.165, 1.54) is 11.0 Å². The van der Waals surface area contributed by atoms with Crippen LogP contribution in [0.2, 0.25) is 10.0 Å². The number of hydrogen-bond donors (Lipinski definition) is 2. The molecule has 120 valence electrons. The molecule has 2 rings (SSSR count). The summed E-state index contributed by atoms with van der Waals surface area (Å²) in [5, 5.41) is 12.7. The number of halogens is 6. The fraction of sp³-hybridized carbons (Fsp3) is 0.500. The summed E-state index contributed by atoms with van der Waals surface area (Å²) in [6, 6.07) is 0.345. The minimum atomic E-state index is -4.54. The third-order valence-electron chi connectivity index (χ3n) is 3.17. The fourth-order valence-electron chi connectivity index (χ4n) is 2.34. The molecular formula is C12H14Cl3F3N2O. The minimum absolute atomic E-state index is 0. The van der Waals surface area contributed by atoms with E-state index >= 15 is 0 Å². The Kier molecular flexibility index (Phi) is 6.43. The van der Waals surface area contributed by atoms with Gasteiger partial charge in [0.25, 0.3) is 0 Å². The van der Waals surface area contributed by atoms with Crippen LogP contribution < -0.4 is 5.32 Å². The van der Waals surface area contributed by atoms with E-state index in [9.17, 15) is 18.3 Å². The van der Waals surface area contributed by atoms with Crippen LogP contribution in [0.5, 0.6) is 5.75 Å². The lowest BCUT2D eigenvalue weighted by Gasteiger charge is -2.36. The first-order valence-corrected chi connectivity index (χ1v) is 6.75. The number of nitrogens with one attached hydrogen (secondary N) is 1. The number of phenolic OH excluding ortho intramolecular Hbond substituents is 1. The van der Waals surface area contributed by atoms with E-state index in [0.717, 1.165) is 6.07 Å². The summed E-state index contributed by atoms with van der Waals surface area (Å²) in [6.07, 6.45) is -4.54. The number of nitrogens with zero attached hydrogens (tertiary/aromatic N) is 1. The number of rotatable bonds is 2. The van der Waals surface area contributed by atoms with Gasteiger partial charge in [0, 0.05) is 36.8 Å². The zero-order valence-electron chi connectivity index (χ0n) is 10.8. The molecule has 0 aliphatic carbocycles. The smallest absolute Gasteiger partial charge is 0.408 e. The lowest BCUT2D eigenvalue weighted by Crippen LogP contribution is -2.49. The van der Waals surface area contributed by atoms with Crippen molar-refractivity contribution >= 4 is 35.6 Å². The van der Waals surface area contributed by atoms with Crippen molar-refractivity contribution in [3.63, 3.8) is 0 Å². The van der Waals surface area contributed by atoms with E-state index in [0.29, 0.717) is 13.1 Å². The van der Waals surface area contributed by atoms with Crippen molar-refractivity contribution in [3.05, 3.63) is 27.7 Å². The Bertz CT molecular complexity index is 470. The third kappa shape index (κ3) is 4.29. The quantitative estimate of drug-likeness (QED) is 0.840. The first-order valence-electron chi connectivity index (χ1n) is 6.00. The Morgan fingerprint density at radius 2 is 1.76 bits per heavy atom. The van der Waals surface area contributed by atoms with Gasteiger partial charge in [-0.3, -0.25) is 4.90 Å². The van der Waals surface area contributed by atoms with Gasteiger partial charge in [-0.05, 0) is 12.1 Å². The number of hydrogen-bond acceptors (Lipinski definition) is 3. The van der Waals surface area contributed by atoms with E-state index in [1.54, 1.807) is 0 Å². The summed E-state index contributed by atoms with van der Waals surface area (Å²) >= 11 is 11.5. The Hall–Kier alpha value is -0.400. The molecule has 1 saturated heterocycles. The van der Waals surface area contributed by atoms with Crippen molar-refractivity contribution in [2.45, 2.75) is 12.2 Å². The molecule has 0 amide bonds. The molecule has 1 aromatic carbocycles. The average molecular weight is 366 g/mol. The van der Waals surface area contributed by atoms with E-state index in [4.69, 9.17) is 23.2 Å². The zero-order chi connectivity index (χ0) is 14.9. The molecule has 0 saturated carbocycles. The molecule has 0 unspecified atom stereocenters. The molecule has 0 spiro atoms. The zero-order valence-corrected chi connectivity index (χ0v) is 13.1. The van der Waals surface area contributed by atoms with Gasteiger partial charge in [-0.2, -0.15) is 13.2 Å². The van der Waals surface area contributed by atoms with Gasteiger partial charge >= 0.3 is 6.18 Å². The third-order valence-corrected chi connectivity index (χ3v) is 3.70. The molecule has 2 N–H and O–H groups in total. The van der Waals surface area contributed by atoms with Crippen molar-refractivity contribution in [1.82, 2.24) is 10.2 Å². The van der Waals surface area contributed by atoms with Crippen LogP contribution >= 0.6 is 35.6 Å². The van der Waals surface area contributed by atoms with Gasteiger partial charge in [0.2, 0.25) is 0 Å². The monoisotopic (exact) mass is 364 g/mol. The summed E-state index contributed by atoms with van der Waals surface area (Å²) < 4.78 is 40.2. The van der Waals surface area contributed by atoms with Crippen LogP contribution in [0.1, 0.15) is 11.6 Å². The van der Waals surface area contributed by atoms with Crippen LogP contribution in [0.4, 0.5) is 13.2 Å². The molecule has 1 fully saturated rings. The van der Waals surface area contributed by atoms with E-state index in [2.05, 4.69) is 5.32 Å². The highest BCUT2D eigenvalue weighted by Crippen LogP contribution is 2.45. The lowest BCUT2D eigenvalue weighted by atomic mass is 10.0. The summed E-state index contributed by atoms with van der Waals surface area (Å²) in [4.78, 5) is 1.26. The van der Waals surface area contributed by atoms with Gasteiger partial charge in [0.15, 0.2) is 0 Å². The van der Waals surface area contributed by atoms with Crippen molar-refractivity contribution in [3.8, 4) is 5.75 Å². The molecule has 0 bridgehead atoms. The van der Waals surface area contributed by atoms with Gasteiger partial charge in [0.05, 0.1) is 5.02 Å². The van der Waals surface area contributed by atoms with Crippen molar-refractivity contribution in [1.29, 1.82) is 0 Å². The first-order chi connectivity index (χ1) is 9.30. The highest BCUT2D eigenvalue weighted by Gasteiger charge is 2.47. The van der Waals surface area contributed by atoms with Gasteiger partial charge in [-0.25, -0.2) is 0 Å². The van der Waals surface area contributed by atoms with Gasteiger partial charge in [0.1, 0.15) is 11.8 Å². The average Bonchev–Trinajstić information content (AvgIpc) is 2.33. The van der Waals surface area contributed by atoms with E-state index < -0.39 is 18.0 Å². The van der Waals surface area contributed by atoms with Crippen LogP contribution in [0.15, 0.2) is 12.1 Å². The van der Waals surface area contributed by atoms with Gasteiger partial charge < -0.3 is 10.4 Å². The molecule has 21 heavy (non-hydrogen) atoms. The summed E-state index contributed by atoms with van der Waals surface area (Å²) in [5.74, 6) is -0.539. The predicted octanol–water partition coefficient (Wildman–Crippen LogP) is 3.63. The number of alkyl halides is 3. The minimum Gasteiger partial charge on any atom is -0.507 e. The SMILES string of the molecule is Cl.Oc1cc(Cl)cc(Cl)c1[C@@H](N1CCNCC1)C(F)(F)F. The molecule has 1 aliphatic rings. The van der Waals surface area contributed by atoms with Crippen molar-refractivity contribution < 1.29 is 18.3 Å². The summed E-state index contributed by atoms with van der Waals surface area (Å²) in [6.45, 7) is 1.36. The Morgan fingerprint density at radius 3 is 2.24 bits per heavy atom. The molecule has 0 radical (unpaired) electrons. The molecule has 0 aromatic heterocycles. The standard InChI is InChI=1S/C12H13Cl2F3N2O.ClH/c13-7-5-8(14)10(9(20)6-7)11(12(15,16)17)19-3-1-18-2-4-19;/h5-6,11,18,20H,1-4H2;1H/t11-;/m1./s1. The maximum absolute atomic E-state index is 13.4. The van der Waals surface area contributed by atoms with Crippen LogP contribution in [0.25, 0.3) is 0 Å². The van der Waals surface area contributed by atoms with Crippen molar-refractivity contribution in [2.75, 3.05) is 26.2 Å². The highest BCUT2D eigenvalue weighted by atomic mass is 35.5. The lowest BCUT2D eigenvalue weighted by molar-refractivity contribution is -0.188. The Morgan fingerprint density at radius 1 is 1.19 bits per heavy atom. The Balaban J connectivity index is 0.00000220. The molecule has 1 aliphatic heterocycles. The summed E-state index contributed by atoms with van der Waals surface area (Å²) in [7, 11) is 0.